The lowest BCUT2D eigenvalue weighted by Gasteiger charge is -2.35. The van der Waals surface area contributed by atoms with Gasteiger partial charge in [-0.3, -0.25) is 14.4 Å². The zero-order valence-corrected chi connectivity index (χ0v) is 30.8. The summed E-state index contributed by atoms with van der Waals surface area (Å²) in [7, 11) is 2.97. The van der Waals surface area contributed by atoms with E-state index in [1.165, 1.54) is 36.3 Å². The zero-order chi connectivity index (χ0) is 38.4. The molecule has 1 N–H and O–H groups in total. The fourth-order valence-corrected chi connectivity index (χ4v) is 6.87. The molecule has 0 unspecified atom stereocenters. The van der Waals surface area contributed by atoms with E-state index in [-0.39, 0.29) is 53.4 Å². The predicted octanol–water partition coefficient (Wildman–Crippen LogP) is 8.45. The molecule has 9 nitrogen and oxygen atoms in total. The largest absolute Gasteiger partial charge is 0.496 e. The molecule has 1 fully saturated rings. The Hall–Kier alpha value is -6.21. The van der Waals surface area contributed by atoms with Gasteiger partial charge in [-0.15, -0.1) is 0 Å². The third kappa shape index (κ3) is 8.21. The number of esters is 1. The van der Waals surface area contributed by atoms with Crippen molar-refractivity contribution in [1.29, 1.82) is 5.26 Å². The molecule has 0 aliphatic heterocycles. The average molecular weight is 728 g/mol. The molecule has 276 valence electrons. The van der Waals surface area contributed by atoms with Gasteiger partial charge in [0.25, 0.3) is 11.8 Å². The van der Waals surface area contributed by atoms with Gasteiger partial charge < -0.3 is 24.4 Å². The smallest absolute Gasteiger partial charge is 0.312 e. The van der Waals surface area contributed by atoms with E-state index in [0.717, 1.165) is 21.9 Å². The summed E-state index contributed by atoms with van der Waals surface area (Å²) in [6.07, 6.45) is 1.82. The van der Waals surface area contributed by atoms with Gasteiger partial charge in [-0.2, -0.15) is 5.26 Å². The van der Waals surface area contributed by atoms with Gasteiger partial charge in [-0.05, 0) is 97.3 Å². The van der Waals surface area contributed by atoms with E-state index in [9.17, 15) is 24.0 Å². The Morgan fingerprint density at radius 1 is 0.926 bits per heavy atom. The third-order valence-corrected chi connectivity index (χ3v) is 10.1. The maximum Gasteiger partial charge on any atom is 0.312 e. The molecule has 2 amide bonds. The van der Waals surface area contributed by atoms with E-state index in [2.05, 4.69) is 11.4 Å². The summed E-state index contributed by atoms with van der Waals surface area (Å²) in [5.74, 6) is -1.20. The minimum absolute atomic E-state index is 0.0956. The fraction of sp³-hybridized carbons (Fsp3) is 0.273. The quantitative estimate of drug-likeness (QED) is 0.136. The molecule has 54 heavy (non-hydrogen) atoms. The summed E-state index contributed by atoms with van der Waals surface area (Å²) < 4.78 is 31.5. The highest BCUT2D eigenvalue weighted by Crippen LogP contribution is 2.40. The first kappa shape index (κ1) is 37.5. The molecule has 0 saturated heterocycles. The first-order chi connectivity index (χ1) is 26.0. The predicted molar refractivity (Wildman–Crippen MR) is 204 cm³/mol. The molecule has 0 spiro atoms. The van der Waals surface area contributed by atoms with Gasteiger partial charge in [0.15, 0.2) is 0 Å². The summed E-state index contributed by atoms with van der Waals surface area (Å²) in [6.45, 7) is 4.04. The van der Waals surface area contributed by atoms with Crippen molar-refractivity contribution < 1.29 is 33.0 Å². The number of fused-ring (bicyclic) bond motifs is 1. The molecule has 0 aromatic heterocycles. The Labute approximate surface area is 314 Å². The number of aryl methyl sites for hydroxylation is 1. The Kier molecular flexibility index (Phi) is 11.3. The number of nitrogens with zero attached hydrogens (tertiary/aromatic N) is 2. The van der Waals surface area contributed by atoms with Gasteiger partial charge in [-0.1, -0.05) is 60.7 Å². The zero-order valence-electron chi connectivity index (χ0n) is 30.8. The molecular formula is C44H42FN3O6. The van der Waals surface area contributed by atoms with Crippen LogP contribution in [0.3, 0.4) is 0 Å². The molecule has 5 aromatic carbocycles. The van der Waals surface area contributed by atoms with Crippen molar-refractivity contribution in [3.8, 4) is 17.6 Å². The number of halogens is 1. The number of carbonyl (C=O) groups is 3. The standard InChI is InChI=1S/C44H42FN3O6/c1-28-15-16-36(41(49)47-26-29-9-7-13-33(45)22-29)38(21-28)48(3)42(50)37-24-39(32(25-46)23-40(37)52-4)54-34-17-19-44(2,20-18-34)43(51)53-27-31-12-8-11-30-10-5-6-14-35(30)31/h5-16,21-24,34H,17-20,26-27H2,1-4H3,(H,47,49). The van der Waals surface area contributed by atoms with Crippen LogP contribution in [0.4, 0.5) is 10.1 Å². The number of hydrogen-bond acceptors (Lipinski definition) is 7. The van der Waals surface area contributed by atoms with E-state index < -0.39 is 23.0 Å². The number of benzene rings is 5. The number of nitrogens with one attached hydrogen (secondary N) is 1. The van der Waals surface area contributed by atoms with Crippen molar-refractivity contribution >= 4 is 34.2 Å². The second-order valence-electron chi connectivity index (χ2n) is 14.0. The van der Waals surface area contributed by atoms with E-state index in [1.807, 2.05) is 56.3 Å². The second-order valence-corrected chi connectivity index (χ2v) is 14.0. The van der Waals surface area contributed by atoms with E-state index in [4.69, 9.17) is 14.2 Å². The van der Waals surface area contributed by atoms with E-state index in [0.29, 0.717) is 36.9 Å². The average Bonchev–Trinajstić information content (AvgIpc) is 3.19. The van der Waals surface area contributed by atoms with E-state index in [1.54, 1.807) is 37.4 Å². The van der Waals surface area contributed by atoms with Crippen LogP contribution in [0.15, 0.2) is 97.1 Å². The Morgan fingerprint density at radius 3 is 2.41 bits per heavy atom. The summed E-state index contributed by atoms with van der Waals surface area (Å²) in [5, 5.41) is 15.0. The number of carbonyl (C=O) groups excluding carboxylic acids is 3. The topological polar surface area (TPSA) is 118 Å². The van der Waals surface area contributed by atoms with Crippen LogP contribution in [0.25, 0.3) is 10.8 Å². The van der Waals surface area contributed by atoms with Gasteiger partial charge in [0.2, 0.25) is 0 Å². The monoisotopic (exact) mass is 727 g/mol. The summed E-state index contributed by atoms with van der Waals surface area (Å²) in [5.41, 5.74) is 2.61. The van der Waals surface area contributed by atoms with Crippen molar-refractivity contribution in [3.05, 3.63) is 136 Å². The fourth-order valence-electron chi connectivity index (χ4n) is 6.87. The van der Waals surface area contributed by atoms with Crippen LogP contribution in [0.5, 0.6) is 11.5 Å². The molecular weight excluding hydrogens is 685 g/mol. The van der Waals surface area contributed by atoms with Crippen molar-refractivity contribution in [2.45, 2.75) is 58.8 Å². The molecule has 0 bridgehead atoms. The lowest BCUT2D eigenvalue weighted by Crippen LogP contribution is -2.37. The van der Waals surface area contributed by atoms with E-state index >= 15 is 0 Å². The SMILES string of the molecule is COc1cc(C#N)c(OC2CCC(C)(C(=O)OCc3cccc4ccccc34)CC2)cc1C(=O)N(C)c1cc(C)ccc1C(=O)NCc1cccc(F)c1. The maximum atomic E-state index is 14.2. The molecule has 5 aromatic rings. The van der Waals surface area contributed by atoms with Crippen LogP contribution in [-0.4, -0.2) is 38.0 Å². The number of methoxy groups -OCH3 is 1. The molecule has 1 saturated carbocycles. The highest BCUT2D eigenvalue weighted by Gasteiger charge is 2.40. The Bertz CT molecular complexity index is 2250. The highest BCUT2D eigenvalue weighted by molar-refractivity contribution is 6.11. The third-order valence-electron chi connectivity index (χ3n) is 10.1. The van der Waals surface area contributed by atoms with Crippen molar-refractivity contribution in [2.75, 3.05) is 19.1 Å². The Balaban J connectivity index is 1.15. The van der Waals surface area contributed by atoms with Gasteiger partial charge >= 0.3 is 5.97 Å². The van der Waals surface area contributed by atoms with Crippen LogP contribution < -0.4 is 19.7 Å². The highest BCUT2D eigenvalue weighted by atomic mass is 19.1. The number of ether oxygens (including phenoxy) is 3. The van der Waals surface area contributed by atoms with Gasteiger partial charge in [0.1, 0.15) is 30.0 Å². The second kappa shape index (κ2) is 16.2. The normalized spacial score (nSPS) is 16.6. The molecule has 6 rings (SSSR count). The number of amides is 2. The van der Waals surface area contributed by atoms with Crippen LogP contribution >= 0.6 is 0 Å². The minimum Gasteiger partial charge on any atom is -0.496 e. The first-order valence-corrected chi connectivity index (χ1v) is 17.8. The number of nitriles is 1. The molecule has 0 radical (unpaired) electrons. The lowest BCUT2D eigenvalue weighted by atomic mass is 9.74. The molecule has 0 atom stereocenters. The van der Waals surface area contributed by atoms with Crippen LogP contribution in [0.2, 0.25) is 0 Å². The van der Waals surface area contributed by atoms with Crippen molar-refractivity contribution in [3.63, 3.8) is 0 Å². The van der Waals surface area contributed by atoms with Crippen LogP contribution in [0, 0.1) is 29.5 Å². The summed E-state index contributed by atoms with van der Waals surface area (Å²) in [6, 6.07) is 30.2. The van der Waals surface area contributed by atoms with Crippen molar-refractivity contribution in [1.82, 2.24) is 5.32 Å². The van der Waals surface area contributed by atoms with Crippen molar-refractivity contribution in [2.24, 2.45) is 5.41 Å². The number of rotatable bonds is 11. The van der Waals surface area contributed by atoms with Gasteiger partial charge in [-0.25, -0.2) is 4.39 Å². The first-order valence-electron chi connectivity index (χ1n) is 17.8. The maximum absolute atomic E-state index is 14.2. The molecule has 1 aliphatic carbocycles. The molecule has 10 heteroatoms. The van der Waals surface area contributed by atoms with Gasteiger partial charge in [0, 0.05) is 19.7 Å². The van der Waals surface area contributed by atoms with Gasteiger partial charge in [0.05, 0.1) is 41.0 Å². The number of hydrogen-bond donors (Lipinski definition) is 1. The summed E-state index contributed by atoms with van der Waals surface area (Å²) >= 11 is 0. The van der Waals surface area contributed by atoms with Crippen LogP contribution in [-0.2, 0) is 22.7 Å². The minimum atomic E-state index is -0.693. The summed E-state index contributed by atoms with van der Waals surface area (Å²) in [4.78, 5) is 42.2. The number of anilines is 1. The molecule has 0 heterocycles. The lowest BCUT2D eigenvalue weighted by molar-refractivity contribution is -0.159. The molecule has 1 aliphatic rings. The van der Waals surface area contributed by atoms with Crippen LogP contribution in [0.1, 0.15) is 75.6 Å². The Morgan fingerprint density at radius 2 is 1.67 bits per heavy atom.